The van der Waals surface area contributed by atoms with Crippen LogP contribution in [0, 0.1) is 11.8 Å². The van der Waals surface area contributed by atoms with Crippen LogP contribution in [0.25, 0.3) is 0 Å². The van der Waals surface area contributed by atoms with Gasteiger partial charge in [-0.05, 0) is 37.3 Å². The maximum Gasteiger partial charge on any atom is 0.303 e. The van der Waals surface area contributed by atoms with Gasteiger partial charge in [-0.2, -0.15) is 0 Å². The summed E-state index contributed by atoms with van der Waals surface area (Å²) >= 11 is 0. The first-order valence-corrected chi connectivity index (χ1v) is 9.85. The first kappa shape index (κ1) is 21.2. The monoisotopic (exact) mass is 374 g/mol. The zero-order valence-electron chi connectivity index (χ0n) is 15.8. The van der Waals surface area contributed by atoms with Crippen molar-refractivity contribution in [3.05, 3.63) is 42.5 Å². The number of carboxylic acid groups (broad SMARTS) is 1. The Morgan fingerprint density at radius 1 is 1.19 bits per heavy atom. The Bertz CT molecular complexity index is 610. The summed E-state index contributed by atoms with van der Waals surface area (Å²) in [7, 11) is 0. The second kappa shape index (κ2) is 11.5. The summed E-state index contributed by atoms with van der Waals surface area (Å²) in [5, 5.41) is 18.7. The molecule has 1 unspecified atom stereocenters. The Morgan fingerprint density at radius 2 is 1.93 bits per heavy atom. The van der Waals surface area contributed by atoms with Crippen LogP contribution in [0.1, 0.15) is 51.4 Å². The lowest BCUT2D eigenvalue weighted by Gasteiger charge is -2.15. The van der Waals surface area contributed by atoms with Crippen LogP contribution in [0.15, 0.2) is 42.5 Å². The molecule has 5 nitrogen and oxygen atoms in total. The molecule has 0 spiro atoms. The smallest absolute Gasteiger partial charge is 0.303 e. The van der Waals surface area contributed by atoms with Gasteiger partial charge in [-0.3, -0.25) is 9.59 Å². The zero-order chi connectivity index (χ0) is 19.5. The highest BCUT2D eigenvalue weighted by Gasteiger charge is 2.32. The zero-order valence-corrected chi connectivity index (χ0v) is 15.8. The van der Waals surface area contributed by atoms with E-state index in [0.717, 1.165) is 37.9 Å². The van der Waals surface area contributed by atoms with Crippen molar-refractivity contribution >= 4 is 11.8 Å². The number of carboxylic acids is 1. The number of Topliss-reactive ketones (excluding diaryl/α,β-unsaturated/α-hetero) is 1. The highest BCUT2D eigenvalue weighted by Crippen LogP contribution is 2.34. The van der Waals surface area contributed by atoms with Gasteiger partial charge in [0, 0.05) is 18.8 Å². The highest BCUT2D eigenvalue weighted by atomic mass is 16.5. The average molecular weight is 374 g/mol. The second-order valence-corrected chi connectivity index (χ2v) is 7.20. The van der Waals surface area contributed by atoms with E-state index >= 15 is 0 Å². The summed E-state index contributed by atoms with van der Waals surface area (Å²) < 4.78 is 5.54. The van der Waals surface area contributed by atoms with Crippen molar-refractivity contribution in [2.24, 2.45) is 11.8 Å². The van der Waals surface area contributed by atoms with E-state index in [2.05, 4.69) is 0 Å². The van der Waals surface area contributed by atoms with Gasteiger partial charge in [-0.1, -0.05) is 49.6 Å². The minimum atomic E-state index is -0.749. The molecule has 0 aliphatic heterocycles. The van der Waals surface area contributed by atoms with Gasteiger partial charge >= 0.3 is 5.97 Å². The standard InChI is InChI=1S/C22H30O5/c23-18(16-27-19-8-4-3-5-9-19)14-12-17-13-15-21(24)20(17)10-6-1-2-7-11-22(25)26/h3-5,8-9,12,14,17-18,20,23H,1-2,6-7,10-11,13,15-16H2,(H,25,26)/b14-12+/t17-,18+,20?/m0/s1. The van der Waals surface area contributed by atoms with Gasteiger partial charge in [0.25, 0.3) is 0 Å². The van der Waals surface area contributed by atoms with E-state index in [4.69, 9.17) is 9.84 Å². The first-order chi connectivity index (χ1) is 13.1. The molecular formula is C22H30O5. The number of hydrogen-bond donors (Lipinski definition) is 2. The topological polar surface area (TPSA) is 83.8 Å². The largest absolute Gasteiger partial charge is 0.491 e. The highest BCUT2D eigenvalue weighted by molar-refractivity contribution is 5.83. The predicted molar refractivity (Wildman–Crippen MR) is 104 cm³/mol. The average Bonchev–Trinajstić information content (AvgIpc) is 3.01. The van der Waals surface area contributed by atoms with Crippen LogP contribution in [-0.2, 0) is 9.59 Å². The second-order valence-electron chi connectivity index (χ2n) is 7.20. The predicted octanol–water partition coefficient (Wildman–Crippen LogP) is 4.00. The lowest BCUT2D eigenvalue weighted by atomic mass is 9.89. The van der Waals surface area contributed by atoms with E-state index in [9.17, 15) is 14.7 Å². The fraction of sp³-hybridized carbons (Fsp3) is 0.545. The molecule has 0 amide bonds. The number of unbranched alkanes of at least 4 members (excludes halogenated alkanes) is 3. The molecule has 1 aromatic carbocycles. The van der Waals surface area contributed by atoms with E-state index in [1.807, 2.05) is 36.4 Å². The molecule has 27 heavy (non-hydrogen) atoms. The van der Waals surface area contributed by atoms with Crippen molar-refractivity contribution in [3.63, 3.8) is 0 Å². The summed E-state index contributed by atoms with van der Waals surface area (Å²) in [6.45, 7) is 0.190. The van der Waals surface area contributed by atoms with E-state index in [-0.39, 0.29) is 24.9 Å². The molecule has 3 atom stereocenters. The summed E-state index contributed by atoms with van der Waals surface area (Å²) in [6, 6.07) is 9.37. The van der Waals surface area contributed by atoms with Crippen molar-refractivity contribution in [1.82, 2.24) is 0 Å². The van der Waals surface area contributed by atoms with Gasteiger partial charge in [0.15, 0.2) is 0 Å². The molecule has 148 valence electrons. The van der Waals surface area contributed by atoms with Gasteiger partial charge in [0.1, 0.15) is 24.2 Å². The van der Waals surface area contributed by atoms with E-state index in [1.54, 1.807) is 6.08 Å². The number of para-hydroxylation sites is 1. The molecule has 1 saturated carbocycles. The van der Waals surface area contributed by atoms with Crippen LogP contribution in [-0.4, -0.2) is 34.7 Å². The van der Waals surface area contributed by atoms with Gasteiger partial charge in [-0.25, -0.2) is 0 Å². The number of allylic oxidation sites excluding steroid dienone is 1. The van der Waals surface area contributed by atoms with Crippen molar-refractivity contribution in [3.8, 4) is 5.75 Å². The number of rotatable bonds is 12. The number of hydrogen-bond acceptors (Lipinski definition) is 4. The van der Waals surface area contributed by atoms with Gasteiger partial charge in [0.05, 0.1) is 0 Å². The maximum atomic E-state index is 12.2. The molecule has 0 saturated heterocycles. The Hall–Kier alpha value is -2.14. The third kappa shape index (κ3) is 7.95. The molecular weight excluding hydrogens is 344 g/mol. The first-order valence-electron chi connectivity index (χ1n) is 9.85. The fourth-order valence-electron chi connectivity index (χ4n) is 3.56. The minimum absolute atomic E-state index is 0.0305. The maximum absolute atomic E-state index is 12.2. The van der Waals surface area contributed by atoms with Crippen LogP contribution in [0.3, 0.4) is 0 Å². The molecule has 1 aliphatic rings. The Balaban J connectivity index is 1.70. The summed E-state index contributed by atoms with van der Waals surface area (Å²) in [4.78, 5) is 22.7. The van der Waals surface area contributed by atoms with Crippen LogP contribution < -0.4 is 4.74 Å². The number of aliphatic hydroxyl groups excluding tert-OH is 1. The fourth-order valence-corrected chi connectivity index (χ4v) is 3.56. The third-order valence-corrected chi connectivity index (χ3v) is 5.05. The van der Waals surface area contributed by atoms with Crippen molar-refractivity contribution in [1.29, 1.82) is 0 Å². The molecule has 2 rings (SSSR count). The Labute approximate surface area is 161 Å². The lowest BCUT2D eigenvalue weighted by molar-refractivity contribution is -0.137. The molecule has 1 fully saturated rings. The molecule has 5 heteroatoms. The van der Waals surface area contributed by atoms with Gasteiger partial charge in [-0.15, -0.1) is 0 Å². The van der Waals surface area contributed by atoms with Crippen LogP contribution in [0.2, 0.25) is 0 Å². The third-order valence-electron chi connectivity index (χ3n) is 5.05. The Morgan fingerprint density at radius 3 is 2.67 bits per heavy atom. The van der Waals surface area contributed by atoms with Crippen molar-refractivity contribution in [2.45, 2.75) is 57.5 Å². The normalized spacial score (nSPS) is 20.9. The number of aliphatic hydroxyl groups is 1. The number of ketones is 1. The van der Waals surface area contributed by atoms with E-state index in [1.165, 1.54) is 0 Å². The molecule has 0 radical (unpaired) electrons. The minimum Gasteiger partial charge on any atom is -0.491 e. The SMILES string of the molecule is O=C(O)CCCCCCC1C(=O)CC[C@@H]1/C=C/[C@@H](O)COc1ccccc1. The molecule has 1 aromatic rings. The van der Waals surface area contributed by atoms with E-state index < -0.39 is 12.1 Å². The number of carbonyl (C=O) groups excluding carboxylic acids is 1. The van der Waals surface area contributed by atoms with Crippen LogP contribution in [0.5, 0.6) is 5.75 Å². The van der Waals surface area contributed by atoms with Crippen LogP contribution in [0.4, 0.5) is 0 Å². The quantitative estimate of drug-likeness (QED) is 0.427. The van der Waals surface area contributed by atoms with Gasteiger partial charge in [0.2, 0.25) is 0 Å². The van der Waals surface area contributed by atoms with Crippen molar-refractivity contribution < 1.29 is 24.5 Å². The number of aliphatic carboxylic acids is 1. The molecule has 0 aromatic heterocycles. The molecule has 2 N–H and O–H groups in total. The van der Waals surface area contributed by atoms with Crippen LogP contribution >= 0.6 is 0 Å². The summed E-state index contributed by atoms with van der Waals surface area (Å²) in [6.07, 6.45) is 9.02. The van der Waals surface area contributed by atoms with E-state index in [0.29, 0.717) is 18.6 Å². The molecule has 0 heterocycles. The lowest BCUT2D eigenvalue weighted by Crippen LogP contribution is -2.17. The number of ether oxygens (including phenoxy) is 1. The summed E-state index contributed by atoms with van der Waals surface area (Å²) in [5.74, 6) is 0.499. The van der Waals surface area contributed by atoms with Crippen molar-refractivity contribution in [2.75, 3.05) is 6.61 Å². The summed E-state index contributed by atoms with van der Waals surface area (Å²) in [5.41, 5.74) is 0. The molecule has 0 bridgehead atoms. The molecule has 1 aliphatic carbocycles. The number of benzene rings is 1. The van der Waals surface area contributed by atoms with Gasteiger partial charge < -0.3 is 14.9 Å². The number of carbonyl (C=O) groups is 2. The Kier molecular flexibility index (Phi) is 9.05.